The summed E-state index contributed by atoms with van der Waals surface area (Å²) in [6.45, 7) is 0. The van der Waals surface area contributed by atoms with Crippen molar-refractivity contribution in [3.05, 3.63) is 29.6 Å². The maximum absolute atomic E-state index is 12.8. The second-order valence-corrected chi connectivity index (χ2v) is 2.72. The maximum atomic E-state index is 12.8. The van der Waals surface area contributed by atoms with Crippen molar-refractivity contribution >= 4 is 11.6 Å². The molecule has 1 amide bonds. The molecule has 0 saturated carbocycles. The lowest BCUT2D eigenvalue weighted by Gasteiger charge is -2.05. The van der Waals surface area contributed by atoms with E-state index in [2.05, 4.69) is 11.2 Å². The summed E-state index contributed by atoms with van der Waals surface area (Å²) in [5, 5.41) is 10.7. The Balaban J connectivity index is 2.92. The van der Waals surface area contributed by atoms with E-state index < -0.39 is 11.7 Å². The molecular formula is C11H7FN2O. The van der Waals surface area contributed by atoms with Gasteiger partial charge in [0.05, 0.1) is 17.3 Å². The van der Waals surface area contributed by atoms with Crippen molar-refractivity contribution in [3.8, 4) is 18.4 Å². The van der Waals surface area contributed by atoms with Crippen LogP contribution in [-0.2, 0) is 4.79 Å². The van der Waals surface area contributed by atoms with Crippen molar-refractivity contribution in [2.24, 2.45) is 0 Å². The number of amides is 1. The fourth-order valence-corrected chi connectivity index (χ4v) is 1.01. The Bertz CT molecular complexity index is 468. The fourth-order valence-electron chi connectivity index (χ4n) is 1.01. The highest BCUT2D eigenvalue weighted by Crippen LogP contribution is 2.15. The second kappa shape index (κ2) is 4.78. The highest BCUT2D eigenvalue weighted by molar-refractivity contribution is 5.93. The molecule has 0 spiro atoms. The van der Waals surface area contributed by atoms with Crippen LogP contribution < -0.4 is 5.32 Å². The molecule has 0 aliphatic carbocycles. The molecular weight excluding hydrogens is 195 g/mol. The van der Waals surface area contributed by atoms with Gasteiger partial charge in [-0.3, -0.25) is 4.79 Å². The lowest BCUT2D eigenvalue weighted by Crippen LogP contribution is -2.11. The molecule has 4 heteroatoms. The van der Waals surface area contributed by atoms with Crippen LogP contribution in [0.3, 0.4) is 0 Å². The van der Waals surface area contributed by atoms with Gasteiger partial charge in [-0.05, 0) is 18.2 Å². The molecule has 0 aromatic heterocycles. The van der Waals surface area contributed by atoms with Crippen molar-refractivity contribution in [1.82, 2.24) is 0 Å². The van der Waals surface area contributed by atoms with E-state index in [1.807, 2.05) is 0 Å². The minimum atomic E-state index is -0.472. The molecule has 74 valence electrons. The number of hydrogen-bond acceptors (Lipinski definition) is 2. The highest BCUT2D eigenvalue weighted by atomic mass is 19.1. The first-order valence-corrected chi connectivity index (χ1v) is 4.10. The number of anilines is 1. The first kappa shape index (κ1) is 10.7. The minimum Gasteiger partial charge on any atom is -0.324 e. The van der Waals surface area contributed by atoms with Crippen molar-refractivity contribution in [2.75, 3.05) is 5.32 Å². The number of rotatable bonds is 2. The molecule has 0 heterocycles. The standard InChI is InChI=1S/C11H7FN2O/c1-2-8-7-9(12)3-4-10(8)14-11(15)5-6-13/h1,3-4,7H,5H2,(H,14,15). The van der Waals surface area contributed by atoms with Gasteiger partial charge in [-0.2, -0.15) is 5.26 Å². The Kier molecular flexibility index (Phi) is 3.43. The summed E-state index contributed by atoms with van der Waals surface area (Å²) in [6.07, 6.45) is 4.87. The summed E-state index contributed by atoms with van der Waals surface area (Å²) in [6, 6.07) is 5.38. The molecule has 0 atom stereocenters. The average molecular weight is 202 g/mol. The van der Waals surface area contributed by atoms with E-state index in [0.717, 1.165) is 6.07 Å². The number of nitrogens with one attached hydrogen (secondary N) is 1. The Morgan fingerprint density at radius 1 is 1.60 bits per heavy atom. The van der Waals surface area contributed by atoms with Crippen LogP contribution in [-0.4, -0.2) is 5.91 Å². The van der Waals surface area contributed by atoms with Crippen LogP contribution in [0.5, 0.6) is 0 Å². The Labute approximate surface area is 86.5 Å². The summed E-state index contributed by atoms with van der Waals surface area (Å²) >= 11 is 0. The Morgan fingerprint density at radius 3 is 2.93 bits per heavy atom. The predicted molar refractivity (Wildman–Crippen MR) is 53.2 cm³/mol. The number of nitriles is 1. The SMILES string of the molecule is C#Cc1cc(F)ccc1NC(=O)CC#N. The molecule has 0 bridgehead atoms. The third kappa shape index (κ3) is 2.82. The van der Waals surface area contributed by atoms with E-state index in [0.29, 0.717) is 5.69 Å². The molecule has 0 aliphatic heterocycles. The molecule has 0 saturated heterocycles. The third-order valence-corrected chi connectivity index (χ3v) is 1.65. The van der Waals surface area contributed by atoms with E-state index in [9.17, 15) is 9.18 Å². The lowest BCUT2D eigenvalue weighted by atomic mass is 10.2. The smallest absolute Gasteiger partial charge is 0.238 e. The summed E-state index contributed by atoms with van der Waals surface area (Å²) in [7, 11) is 0. The van der Waals surface area contributed by atoms with Crippen molar-refractivity contribution in [1.29, 1.82) is 5.26 Å². The van der Waals surface area contributed by atoms with Crippen LogP contribution >= 0.6 is 0 Å². The molecule has 1 rings (SSSR count). The average Bonchev–Trinajstić information content (AvgIpc) is 2.21. The first-order chi connectivity index (χ1) is 7.17. The van der Waals surface area contributed by atoms with Gasteiger partial charge < -0.3 is 5.32 Å². The maximum Gasteiger partial charge on any atom is 0.238 e. The van der Waals surface area contributed by atoms with Crippen molar-refractivity contribution < 1.29 is 9.18 Å². The number of carbonyl (C=O) groups excluding carboxylic acids is 1. The molecule has 3 nitrogen and oxygen atoms in total. The van der Waals surface area contributed by atoms with E-state index >= 15 is 0 Å². The summed E-state index contributed by atoms with van der Waals surface area (Å²) in [5.74, 6) is 1.30. The van der Waals surface area contributed by atoms with Crippen LogP contribution in [0.15, 0.2) is 18.2 Å². The molecule has 0 aliphatic rings. The van der Waals surface area contributed by atoms with Gasteiger partial charge in [-0.1, -0.05) is 5.92 Å². The van der Waals surface area contributed by atoms with E-state index in [-0.39, 0.29) is 12.0 Å². The Hall–Kier alpha value is -2.33. The zero-order chi connectivity index (χ0) is 11.3. The zero-order valence-corrected chi connectivity index (χ0v) is 7.75. The molecule has 0 fully saturated rings. The fraction of sp³-hybridized carbons (Fsp3) is 0.0909. The number of hydrogen-bond donors (Lipinski definition) is 1. The van der Waals surface area contributed by atoms with Crippen LogP contribution in [0.1, 0.15) is 12.0 Å². The van der Waals surface area contributed by atoms with Crippen LogP contribution in [0.25, 0.3) is 0 Å². The summed E-state index contributed by atoms with van der Waals surface area (Å²) in [5.41, 5.74) is 0.584. The number of terminal acetylenes is 1. The zero-order valence-electron chi connectivity index (χ0n) is 7.75. The molecule has 0 unspecified atom stereocenters. The van der Waals surface area contributed by atoms with Gasteiger partial charge in [0.2, 0.25) is 5.91 Å². The quantitative estimate of drug-likeness (QED) is 0.741. The molecule has 0 radical (unpaired) electrons. The first-order valence-electron chi connectivity index (χ1n) is 4.10. The van der Waals surface area contributed by atoms with Gasteiger partial charge in [0, 0.05) is 0 Å². The highest BCUT2D eigenvalue weighted by Gasteiger charge is 2.05. The summed E-state index contributed by atoms with van der Waals surface area (Å²) in [4.78, 5) is 11.1. The monoisotopic (exact) mass is 202 g/mol. The van der Waals surface area contributed by atoms with Crippen molar-refractivity contribution in [2.45, 2.75) is 6.42 Å². The Morgan fingerprint density at radius 2 is 2.33 bits per heavy atom. The number of carbonyl (C=O) groups is 1. The van der Waals surface area contributed by atoms with Gasteiger partial charge in [0.15, 0.2) is 0 Å². The van der Waals surface area contributed by atoms with Gasteiger partial charge >= 0.3 is 0 Å². The molecule has 15 heavy (non-hydrogen) atoms. The van der Waals surface area contributed by atoms with Crippen molar-refractivity contribution in [3.63, 3.8) is 0 Å². The molecule has 1 N–H and O–H groups in total. The van der Waals surface area contributed by atoms with E-state index in [4.69, 9.17) is 11.7 Å². The number of halogens is 1. The predicted octanol–water partition coefficient (Wildman–Crippen LogP) is 1.66. The summed E-state index contributed by atoms with van der Waals surface area (Å²) < 4.78 is 12.8. The third-order valence-electron chi connectivity index (χ3n) is 1.65. The molecule has 1 aromatic rings. The van der Waals surface area contributed by atoms with E-state index in [1.54, 1.807) is 6.07 Å². The van der Waals surface area contributed by atoms with Crippen LogP contribution in [0.4, 0.5) is 10.1 Å². The number of nitrogens with zero attached hydrogens (tertiary/aromatic N) is 1. The van der Waals surface area contributed by atoms with Gasteiger partial charge in [0.1, 0.15) is 12.2 Å². The topological polar surface area (TPSA) is 52.9 Å². The lowest BCUT2D eigenvalue weighted by molar-refractivity contribution is -0.115. The van der Waals surface area contributed by atoms with Gasteiger partial charge in [-0.25, -0.2) is 4.39 Å². The largest absolute Gasteiger partial charge is 0.324 e. The van der Waals surface area contributed by atoms with E-state index in [1.165, 1.54) is 12.1 Å². The minimum absolute atomic E-state index is 0.251. The number of benzene rings is 1. The van der Waals surface area contributed by atoms with Gasteiger partial charge in [0.25, 0.3) is 0 Å². The normalized spacial score (nSPS) is 8.73. The second-order valence-electron chi connectivity index (χ2n) is 2.72. The van der Waals surface area contributed by atoms with Crippen LogP contribution in [0, 0.1) is 29.5 Å². The van der Waals surface area contributed by atoms with Crippen LogP contribution in [0.2, 0.25) is 0 Å². The molecule has 1 aromatic carbocycles. The van der Waals surface area contributed by atoms with Gasteiger partial charge in [-0.15, -0.1) is 6.42 Å².